The van der Waals surface area contributed by atoms with Gasteiger partial charge in [0, 0.05) is 17.1 Å². The van der Waals surface area contributed by atoms with Gasteiger partial charge in [0.15, 0.2) is 5.65 Å². The maximum Gasteiger partial charge on any atom is 0.222 e. The van der Waals surface area contributed by atoms with E-state index >= 15 is 0 Å². The van der Waals surface area contributed by atoms with Crippen LogP contribution in [0.4, 0.5) is 10.3 Å². The number of aromatic amines is 1. The van der Waals surface area contributed by atoms with E-state index in [2.05, 4.69) is 24.9 Å². The summed E-state index contributed by atoms with van der Waals surface area (Å²) in [5.41, 5.74) is 8.58. The zero-order chi connectivity index (χ0) is 14.4. The van der Waals surface area contributed by atoms with Crippen molar-refractivity contribution in [3.8, 4) is 11.3 Å². The lowest BCUT2D eigenvalue weighted by molar-refractivity contribution is 0.639. The van der Waals surface area contributed by atoms with Gasteiger partial charge in [0.25, 0.3) is 0 Å². The number of aromatic nitrogens is 5. The first-order valence-electron chi connectivity index (χ1n) is 6.24. The van der Waals surface area contributed by atoms with Gasteiger partial charge in [-0.15, -0.1) is 0 Å². The van der Waals surface area contributed by atoms with Crippen LogP contribution in [0.3, 0.4) is 0 Å². The van der Waals surface area contributed by atoms with E-state index in [1.54, 1.807) is 24.4 Å². The van der Waals surface area contributed by atoms with Crippen LogP contribution in [0.25, 0.3) is 33.3 Å². The van der Waals surface area contributed by atoms with Crippen LogP contribution in [0.1, 0.15) is 0 Å². The largest absolute Gasteiger partial charge is 0.368 e. The summed E-state index contributed by atoms with van der Waals surface area (Å²) in [4.78, 5) is 19.6. The van der Waals surface area contributed by atoms with Crippen LogP contribution < -0.4 is 5.73 Å². The Hall–Kier alpha value is -3.09. The predicted octanol–water partition coefficient (Wildman–Crippen LogP) is 2.29. The highest BCUT2D eigenvalue weighted by molar-refractivity contribution is 5.99. The number of fused-ring (bicyclic) bond motifs is 2. The summed E-state index contributed by atoms with van der Waals surface area (Å²) in [5, 5.41) is 0.430. The number of rotatable bonds is 1. The van der Waals surface area contributed by atoms with Crippen molar-refractivity contribution in [1.29, 1.82) is 0 Å². The van der Waals surface area contributed by atoms with Crippen LogP contribution in [-0.4, -0.2) is 24.9 Å². The minimum absolute atomic E-state index is 0.109. The second kappa shape index (κ2) is 4.20. The van der Waals surface area contributed by atoms with Crippen LogP contribution in [0, 0.1) is 5.82 Å². The second-order valence-electron chi connectivity index (χ2n) is 4.53. The molecule has 0 atom stereocenters. The first-order valence-corrected chi connectivity index (χ1v) is 6.24. The number of nitrogen functional groups attached to an aromatic ring is 1. The fourth-order valence-corrected chi connectivity index (χ4v) is 2.37. The first-order chi connectivity index (χ1) is 10.2. The van der Waals surface area contributed by atoms with Crippen LogP contribution in [0.5, 0.6) is 0 Å². The average molecular weight is 280 g/mol. The normalized spacial score (nSPS) is 11.3. The van der Waals surface area contributed by atoms with Gasteiger partial charge in [-0.2, -0.15) is 4.98 Å². The summed E-state index contributed by atoms with van der Waals surface area (Å²) >= 11 is 0. The highest BCUT2D eigenvalue weighted by Gasteiger charge is 2.15. The zero-order valence-corrected chi connectivity index (χ0v) is 10.7. The Balaban J connectivity index is 2.14. The Morgan fingerprint density at radius 1 is 1.10 bits per heavy atom. The third-order valence-electron chi connectivity index (χ3n) is 3.27. The van der Waals surface area contributed by atoms with Gasteiger partial charge in [0.05, 0.1) is 11.8 Å². The molecule has 0 saturated heterocycles. The van der Waals surface area contributed by atoms with E-state index in [4.69, 9.17) is 5.73 Å². The molecule has 21 heavy (non-hydrogen) atoms. The number of benzene rings is 1. The molecule has 0 unspecified atom stereocenters. The van der Waals surface area contributed by atoms with Crippen molar-refractivity contribution in [2.45, 2.75) is 0 Å². The standard InChI is InChI=1S/C14H9FN6/c15-9-4-3-8(10-7(9)2-1-5-17-10)11-12-13(19-6-18-12)21-14(16)20-11/h1-6H,(H3,16,18,19,20,21). The monoisotopic (exact) mass is 280 g/mol. The Bertz CT molecular complexity index is 978. The molecule has 102 valence electrons. The van der Waals surface area contributed by atoms with Gasteiger partial charge >= 0.3 is 0 Å². The molecule has 0 aliphatic rings. The summed E-state index contributed by atoms with van der Waals surface area (Å²) in [6.45, 7) is 0. The number of hydrogen-bond acceptors (Lipinski definition) is 5. The van der Waals surface area contributed by atoms with Crippen molar-refractivity contribution in [2.75, 3.05) is 5.73 Å². The number of nitrogens with one attached hydrogen (secondary N) is 1. The van der Waals surface area contributed by atoms with Gasteiger partial charge in [-0.05, 0) is 24.3 Å². The number of imidazole rings is 1. The lowest BCUT2D eigenvalue weighted by Gasteiger charge is -2.07. The van der Waals surface area contributed by atoms with E-state index in [1.807, 2.05) is 0 Å². The Kier molecular flexibility index (Phi) is 2.34. The summed E-state index contributed by atoms with van der Waals surface area (Å²) in [7, 11) is 0. The number of nitrogens with two attached hydrogens (primary N) is 1. The van der Waals surface area contributed by atoms with Gasteiger partial charge in [-0.3, -0.25) is 4.98 Å². The number of nitrogens with zero attached hydrogens (tertiary/aromatic N) is 4. The molecule has 0 spiro atoms. The molecule has 4 aromatic rings. The zero-order valence-electron chi connectivity index (χ0n) is 10.7. The smallest absolute Gasteiger partial charge is 0.222 e. The van der Waals surface area contributed by atoms with Crippen molar-refractivity contribution in [1.82, 2.24) is 24.9 Å². The summed E-state index contributed by atoms with van der Waals surface area (Å²) in [5.74, 6) is -0.220. The van der Waals surface area contributed by atoms with Crippen LogP contribution in [0.15, 0.2) is 36.8 Å². The van der Waals surface area contributed by atoms with Gasteiger partial charge in [0.2, 0.25) is 5.95 Å². The van der Waals surface area contributed by atoms with Crippen molar-refractivity contribution in [3.05, 3.63) is 42.6 Å². The molecule has 0 radical (unpaired) electrons. The predicted molar refractivity (Wildman–Crippen MR) is 76.8 cm³/mol. The third-order valence-corrected chi connectivity index (χ3v) is 3.27. The molecule has 0 aliphatic heterocycles. The molecule has 0 aliphatic carbocycles. The number of hydrogen-bond donors (Lipinski definition) is 2. The van der Waals surface area contributed by atoms with E-state index in [1.165, 1.54) is 12.4 Å². The highest BCUT2D eigenvalue weighted by Crippen LogP contribution is 2.31. The molecular formula is C14H9FN6. The molecule has 0 fully saturated rings. The van der Waals surface area contributed by atoms with Crippen LogP contribution >= 0.6 is 0 Å². The second-order valence-corrected chi connectivity index (χ2v) is 4.53. The molecule has 3 N–H and O–H groups in total. The summed E-state index contributed by atoms with van der Waals surface area (Å²) < 4.78 is 13.9. The highest BCUT2D eigenvalue weighted by atomic mass is 19.1. The van der Waals surface area contributed by atoms with Crippen molar-refractivity contribution in [3.63, 3.8) is 0 Å². The molecule has 1 aromatic carbocycles. The fraction of sp³-hybridized carbons (Fsp3) is 0. The molecule has 7 heteroatoms. The summed E-state index contributed by atoms with van der Waals surface area (Å²) in [6.07, 6.45) is 3.13. The van der Waals surface area contributed by atoms with Crippen LogP contribution in [0.2, 0.25) is 0 Å². The van der Waals surface area contributed by atoms with Gasteiger partial charge in [-0.25, -0.2) is 14.4 Å². The molecule has 0 bridgehead atoms. The number of halogens is 1. The maximum atomic E-state index is 13.9. The van der Waals surface area contributed by atoms with E-state index in [0.717, 1.165) is 0 Å². The average Bonchev–Trinajstić information content (AvgIpc) is 2.95. The van der Waals surface area contributed by atoms with E-state index in [0.29, 0.717) is 33.3 Å². The SMILES string of the molecule is Nc1nc(-c2ccc(F)c3cccnc23)c2[nH]cnc2n1. The fourth-order valence-electron chi connectivity index (χ4n) is 2.37. The Morgan fingerprint density at radius 2 is 2.00 bits per heavy atom. The van der Waals surface area contributed by atoms with Crippen LogP contribution in [-0.2, 0) is 0 Å². The van der Waals surface area contributed by atoms with Crippen molar-refractivity contribution in [2.24, 2.45) is 0 Å². The molecule has 0 amide bonds. The van der Waals surface area contributed by atoms with Gasteiger partial charge < -0.3 is 10.7 Å². The minimum Gasteiger partial charge on any atom is -0.368 e. The first kappa shape index (κ1) is 11.7. The maximum absolute atomic E-state index is 13.9. The third kappa shape index (κ3) is 1.71. The van der Waals surface area contributed by atoms with Gasteiger partial charge in [-0.1, -0.05) is 0 Å². The van der Waals surface area contributed by atoms with E-state index in [9.17, 15) is 4.39 Å². The summed E-state index contributed by atoms with van der Waals surface area (Å²) in [6, 6.07) is 6.39. The molecule has 3 heterocycles. The Labute approximate surface area is 117 Å². The van der Waals surface area contributed by atoms with E-state index < -0.39 is 0 Å². The number of anilines is 1. The van der Waals surface area contributed by atoms with Crippen molar-refractivity contribution < 1.29 is 4.39 Å². The Morgan fingerprint density at radius 3 is 2.90 bits per heavy atom. The molecule has 0 saturated carbocycles. The minimum atomic E-state index is -0.329. The number of pyridine rings is 1. The topological polar surface area (TPSA) is 93.4 Å². The lowest BCUT2D eigenvalue weighted by atomic mass is 10.1. The lowest BCUT2D eigenvalue weighted by Crippen LogP contribution is -1.99. The van der Waals surface area contributed by atoms with Gasteiger partial charge in [0.1, 0.15) is 17.0 Å². The molecule has 6 nitrogen and oxygen atoms in total. The molecular weight excluding hydrogens is 271 g/mol. The quantitative estimate of drug-likeness (QED) is 0.558. The molecule has 4 rings (SSSR count). The van der Waals surface area contributed by atoms with Crippen molar-refractivity contribution >= 4 is 28.0 Å². The molecule has 3 aromatic heterocycles. The number of H-pyrrole nitrogens is 1. The van der Waals surface area contributed by atoms with E-state index in [-0.39, 0.29) is 11.8 Å².